The van der Waals surface area contributed by atoms with Crippen molar-refractivity contribution in [2.24, 2.45) is 0 Å². The standard InChI is InChI=1S/C68H129NO5/c1-3-5-7-9-11-13-15-16-17-18-28-32-35-38-42-46-50-54-58-62-68(73)74-63-59-55-51-47-43-39-36-33-30-27-25-23-21-19-20-22-24-26-29-31-34-37-41-45-49-53-57-61-67(72)69-65(64-70)66(71)60-56-52-48-44-40-14-12-10-8-6-4-2/h16-17,19-20,23,25,65-66,70-71H,3-15,18,21-22,24,26-64H2,1-2H3,(H,69,72)/b17-16-,20-19-,25-23-. The Kier molecular flexibility index (Phi) is 62.0. The molecule has 1 amide bonds. The van der Waals surface area contributed by atoms with Gasteiger partial charge in [0.2, 0.25) is 5.91 Å². The maximum absolute atomic E-state index is 12.5. The molecule has 0 aliphatic rings. The van der Waals surface area contributed by atoms with E-state index in [1.165, 1.54) is 276 Å². The lowest BCUT2D eigenvalue weighted by Crippen LogP contribution is -2.45. The number of aliphatic hydroxyl groups is 2. The topological polar surface area (TPSA) is 95.9 Å². The third-order valence-electron chi connectivity index (χ3n) is 15.4. The highest BCUT2D eigenvalue weighted by atomic mass is 16.5. The van der Waals surface area contributed by atoms with E-state index in [1.54, 1.807) is 0 Å². The van der Waals surface area contributed by atoms with Gasteiger partial charge in [-0.3, -0.25) is 9.59 Å². The first-order valence-corrected chi connectivity index (χ1v) is 33.2. The number of carbonyl (C=O) groups excluding carboxylic acids is 2. The van der Waals surface area contributed by atoms with Crippen molar-refractivity contribution in [3.05, 3.63) is 36.5 Å². The molecule has 0 aromatic carbocycles. The Bertz CT molecular complexity index is 1200. The van der Waals surface area contributed by atoms with Gasteiger partial charge in [-0.2, -0.15) is 0 Å². The van der Waals surface area contributed by atoms with Crippen LogP contribution in [0.5, 0.6) is 0 Å². The molecule has 0 heterocycles. The summed E-state index contributed by atoms with van der Waals surface area (Å²) in [5, 5.41) is 23.2. The van der Waals surface area contributed by atoms with E-state index in [0.717, 1.165) is 51.4 Å². The highest BCUT2D eigenvalue weighted by Crippen LogP contribution is 2.18. The molecule has 0 fully saturated rings. The molecule has 74 heavy (non-hydrogen) atoms. The van der Waals surface area contributed by atoms with Crippen molar-refractivity contribution in [3.8, 4) is 0 Å². The van der Waals surface area contributed by atoms with E-state index < -0.39 is 12.1 Å². The summed E-state index contributed by atoms with van der Waals surface area (Å²) in [6.45, 7) is 4.95. The fraction of sp³-hybridized carbons (Fsp3) is 0.882. The van der Waals surface area contributed by atoms with Gasteiger partial charge in [0.05, 0.1) is 25.4 Å². The van der Waals surface area contributed by atoms with E-state index in [-0.39, 0.29) is 18.5 Å². The number of aliphatic hydroxyl groups excluding tert-OH is 2. The van der Waals surface area contributed by atoms with Crippen molar-refractivity contribution in [3.63, 3.8) is 0 Å². The second-order valence-electron chi connectivity index (χ2n) is 22.8. The number of carbonyl (C=O) groups is 2. The molecule has 0 rings (SSSR count). The summed E-state index contributed by atoms with van der Waals surface area (Å²) >= 11 is 0. The minimum absolute atomic E-state index is 0.0104. The highest BCUT2D eigenvalue weighted by Gasteiger charge is 2.20. The van der Waals surface area contributed by atoms with Gasteiger partial charge in [-0.25, -0.2) is 0 Å². The van der Waals surface area contributed by atoms with Crippen molar-refractivity contribution in [1.29, 1.82) is 0 Å². The normalized spacial score (nSPS) is 12.8. The Morgan fingerprint density at radius 2 is 0.676 bits per heavy atom. The lowest BCUT2D eigenvalue weighted by molar-refractivity contribution is -0.143. The molecule has 0 saturated heterocycles. The minimum atomic E-state index is -0.665. The van der Waals surface area contributed by atoms with E-state index >= 15 is 0 Å². The molecule has 2 atom stereocenters. The molecule has 0 aromatic rings. The van der Waals surface area contributed by atoms with Crippen LogP contribution in [0.25, 0.3) is 0 Å². The molecule has 0 bridgehead atoms. The Balaban J connectivity index is 3.38. The summed E-state index contributed by atoms with van der Waals surface area (Å²) in [4.78, 5) is 24.6. The van der Waals surface area contributed by atoms with Crippen LogP contribution in [-0.4, -0.2) is 47.4 Å². The summed E-state index contributed by atoms with van der Waals surface area (Å²) in [5.74, 6) is -0.0279. The van der Waals surface area contributed by atoms with Crippen LogP contribution >= 0.6 is 0 Å². The zero-order valence-corrected chi connectivity index (χ0v) is 49.8. The largest absolute Gasteiger partial charge is 0.466 e. The van der Waals surface area contributed by atoms with Crippen LogP contribution in [0.15, 0.2) is 36.5 Å². The zero-order chi connectivity index (χ0) is 53.6. The molecule has 6 heteroatoms. The smallest absolute Gasteiger partial charge is 0.305 e. The fourth-order valence-corrected chi connectivity index (χ4v) is 10.3. The molecule has 0 aliphatic carbocycles. The summed E-state index contributed by atoms with van der Waals surface area (Å²) in [6.07, 6.45) is 80.4. The Hall–Kier alpha value is -1.92. The van der Waals surface area contributed by atoms with Gasteiger partial charge in [-0.1, -0.05) is 301 Å². The third-order valence-corrected chi connectivity index (χ3v) is 15.4. The van der Waals surface area contributed by atoms with Crippen LogP contribution in [0.3, 0.4) is 0 Å². The van der Waals surface area contributed by atoms with Crippen LogP contribution < -0.4 is 5.32 Å². The van der Waals surface area contributed by atoms with E-state index in [0.29, 0.717) is 25.9 Å². The molecule has 0 aromatic heterocycles. The van der Waals surface area contributed by atoms with Crippen LogP contribution in [0.2, 0.25) is 0 Å². The Morgan fingerprint density at radius 1 is 0.378 bits per heavy atom. The molecular formula is C68H129NO5. The van der Waals surface area contributed by atoms with Crippen LogP contribution in [0.4, 0.5) is 0 Å². The van der Waals surface area contributed by atoms with Gasteiger partial charge in [-0.05, 0) is 83.5 Å². The molecule has 6 nitrogen and oxygen atoms in total. The van der Waals surface area contributed by atoms with Crippen molar-refractivity contribution >= 4 is 11.9 Å². The monoisotopic (exact) mass is 1040 g/mol. The maximum atomic E-state index is 12.5. The minimum Gasteiger partial charge on any atom is -0.466 e. The number of nitrogens with one attached hydrogen (secondary N) is 1. The molecular weight excluding hydrogens is 911 g/mol. The molecule has 0 spiro atoms. The van der Waals surface area contributed by atoms with E-state index in [1.807, 2.05) is 0 Å². The Labute approximate surface area is 462 Å². The average Bonchev–Trinajstić information content (AvgIpc) is 3.40. The van der Waals surface area contributed by atoms with Gasteiger partial charge >= 0.3 is 5.97 Å². The average molecular weight is 1040 g/mol. The highest BCUT2D eigenvalue weighted by molar-refractivity contribution is 5.76. The summed E-state index contributed by atoms with van der Waals surface area (Å²) < 4.78 is 5.50. The first-order valence-electron chi connectivity index (χ1n) is 33.2. The second kappa shape index (κ2) is 63.6. The predicted octanol–water partition coefficient (Wildman–Crippen LogP) is 21.1. The van der Waals surface area contributed by atoms with Crippen LogP contribution in [0, 0.1) is 0 Å². The van der Waals surface area contributed by atoms with Crippen molar-refractivity contribution in [2.75, 3.05) is 13.2 Å². The number of unbranched alkanes of at least 4 members (excludes halogenated alkanes) is 45. The number of allylic oxidation sites excluding steroid dienone is 6. The molecule has 3 N–H and O–H groups in total. The number of rotatable bonds is 62. The van der Waals surface area contributed by atoms with E-state index in [4.69, 9.17) is 4.74 Å². The lowest BCUT2D eigenvalue weighted by atomic mass is 10.0. The van der Waals surface area contributed by atoms with Gasteiger partial charge in [0, 0.05) is 12.8 Å². The number of esters is 1. The van der Waals surface area contributed by atoms with Gasteiger partial charge in [-0.15, -0.1) is 0 Å². The van der Waals surface area contributed by atoms with Gasteiger partial charge in [0.25, 0.3) is 0 Å². The van der Waals surface area contributed by atoms with Gasteiger partial charge < -0.3 is 20.3 Å². The zero-order valence-electron chi connectivity index (χ0n) is 49.8. The van der Waals surface area contributed by atoms with Crippen molar-refractivity contribution in [1.82, 2.24) is 5.32 Å². The van der Waals surface area contributed by atoms with Crippen LogP contribution in [-0.2, 0) is 14.3 Å². The second-order valence-corrected chi connectivity index (χ2v) is 22.8. The summed E-state index contributed by atoms with van der Waals surface area (Å²) in [7, 11) is 0. The molecule has 0 aliphatic heterocycles. The fourth-order valence-electron chi connectivity index (χ4n) is 10.3. The third kappa shape index (κ3) is 59.3. The number of ether oxygens (including phenoxy) is 1. The SMILES string of the molecule is CCCCCCCC/C=C\CCCCCCCCCCCC(=O)OCCCCCCCCCCC/C=C\C/C=C\CCCCCCCCCCCCCC(=O)NC(CO)C(O)CCCCCCCCCCCCC. The predicted molar refractivity (Wildman–Crippen MR) is 324 cm³/mol. The van der Waals surface area contributed by atoms with E-state index in [2.05, 4.69) is 55.6 Å². The summed E-state index contributed by atoms with van der Waals surface area (Å²) in [6, 6.07) is -0.543. The maximum Gasteiger partial charge on any atom is 0.305 e. The van der Waals surface area contributed by atoms with Crippen molar-refractivity contribution < 1.29 is 24.5 Å². The summed E-state index contributed by atoms with van der Waals surface area (Å²) in [5.41, 5.74) is 0. The Morgan fingerprint density at radius 3 is 1.04 bits per heavy atom. The lowest BCUT2D eigenvalue weighted by Gasteiger charge is -2.22. The first-order chi connectivity index (χ1) is 36.5. The molecule has 2 unspecified atom stereocenters. The molecule has 0 saturated carbocycles. The van der Waals surface area contributed by atoms with Gasteiger partial charge in [0.1, 0.15) is 0 Å². The molecule has 0 radical (unpaired) electrons. The van der Waals surface area contributed by atoms with E-state index in [9.17, 15) is 19.8 Å². The first kappa shape index (κ1) is 72.1. The quantitative estimate of drug-likeness (QED) is 0.0320. The van der Waals surface area contributed by atoms with Gasteiger partial charge in [0.15, 0.2) is 0 Å². The van der Waals surface area contributed by atoms with Crippen molar-refractivity contribution in [2.45, 2.75) is 373 Å². The number of amides is 1. The number of hydrogen-bond acceptors (Lipinski definition) is 5. The van der Waals surface area contributed by atoms with Crippen LogP contribution in [0.1, 0.15) is 361 Å². The molecule has 436 valence electrons. The number of hydrogen-bond donors (Lipinski definition) is 3.